The third kappa shape index (κ3) is 3.77. The molecule has 8 aromatic rings. The minimum Gasteiger partial charge on any atom is -0.268 e. The van der Waals surface area contributed by atoms with Crippen LogP contribution in [-0.4, -0.2) is 24.3 Å². The summed E-state index contributed by atoms with van der Waals surface area (Å²) < 4.78 is 1.74. The molecule has 3 heterocycles. The van der Waals surface area contributed by atoms with Crippen molar-refractivity contribution in [1.82, 2.24) is 24.3 Å². The monoisotopic (exact) mass is 527 g/mol. The van der Waals surface area contributed by atoms with Crippen LogP contribution in [-0.2, 0) is 0 Å². The van der Waals surface area contributed by atoms with Crippen molar-refractivity contribution in [2.24, 2.45) is 0 Å². The fourth-order valence-electron chi connectivity index (χ4n) is 5.49. The Balaban J connectivity index is 1.46. The first-order chi connectivity index (χ1) is 20.2. The van der Waals surface area contributed by atoms with Gasteiger partial charge >= 0.3 is 0 Å². The van der Waals surface area contributed by atoms with E-state index < -0.39 is 0 Å². The first-order valence-electron chi connectivity index (χ1n) is 13.4. The maximum Gasteiger partial charge on any atom is 0.264 e. The topological polar surface area (TPSA) is 73.0 Å². The molecule has 5 aromatic carbocycles. The van der Waals surface area contributed by atoms with Gasteiger partial charge in [-0.25, -0.2) is 19.9 Å². The van der Waals surface area contributed by atoms with E-state index in [1.54, 1.807) is 4.40 Å². The van der Waals surface area contributed by atoms with Gasteiger partial charge in [0.1, 0.15) is 5.82 Å². The van der Waals surface area contributed by atoms with Crippen LogP contribution in [0.1, 0.15) is 0 Å². The van der Waals surface area contributed by atoms with Crippen molar-refractivity contribution >= 4 is 27.2 Å². The zero-order chi connectivity index (χ0) is 27.3. The van der Waals surface area contributed by atoms with Crippen molar-refractivity contribution in [3.63, 3.8) is 0 Å². The number of aromatic nitrogens is 5. The molecule has 0 radical (unpaired) electrons. The number of nitrogens with zero attached hydrogens (tertiary/aromatic N) is 5. The Morgan fingerprint density at radius 2 is 0.927 bits per heavy atom. The second-order valence-corrected chi connectivity index (χ2v) is 9.92. The number of benzene rings is 5. The fraction of sp³-hybridized carbons (Fsp3) is 0. The number of imidazole rings is 1. The molecule has 6 nitrogen and oxygen atoms in total. The maximum absolute atomic E-state index is 13.8. The molecule has 0 bridgehead atoms. The predicted octanol–water partition coefficient (Wildman–Crippen LogP) is 7.29. The molecule has 8 rings (SSSR count). The maximum atomic E-state index is 13.8. The number of rotatable bonds is 4. The number of hydrogen-bond acceptors (Lipinski definition) is 5. The van der Waals surface area contributed by atoms with E-state index in [0.29, 0.717) is 34.2 Å². The minimum atomic E-state index is -0.0832. The van der Waals surface area contributed by atoms with Crippen molar-refractivity contribution in [3.8, 4) is 45.6 Å². The molecule has 0 spiro atoms. The molecule has 0 saturated heterocycles. The summed E-state index contributed by atoms with van der Waals surface area (Å²) in [5.41, 5.74) is 4.91. The Labute approximate surface area is 234 Å². The van der Waals surface area contributed by atoms with E-state index in [4.69, 9.17) is 19.9 Å². The molecular formula is C35H21N5O. The SMILES string of the molecule is O=c1c2ccccc2c2cc(-c3nc(-c4ccccc4)nc(-c4ccccc4)n3)cc3nc(-c4ccccc4)n1c32. The summed E-state index contributed by atoms with van der Waals surface area (Å²) in [6, 6.07) is 41.4. The van der Waals surface area contributed by atoms with Gasteiger partial charge in [0.15, 0.2) is 17.5 Å². The van der Waals surface area contributed by atoms with Crippen molar-refractivity contribution < 1.29 is 0 Å². The predicted molar refractivity (Wildman–Crippen MR) is 163 cm³/mol. The molecule has 0 atom stereocenters. The number of fused-ring (bicyclic) bond motifs is 2. The average molecular weight is 528 g/mol. The molecule has 0 aliphatic rings. The van der Waals surface area contributed by atoms with E-state index in [1.807, 2.05) is 121 Å². The first-order valence-corrected chi connectivity index (χ1v) is 13.4. The Kier molecular flexibility index (Phi) is 5.18. The van der Waals surface area contributed by atoms with Crippen LogP contribution in [0.15, 0.2) is 132 Å². The molecule has 0 unspecified atom stereocenters. The van der Waals surface area contributed by atoms with Gasteiger partial charge in [0, 0.05) is 33.0 Å². The quantitative estimate of drug-likeness (QED) is 0.225. The molecule has 3 aromatic heterocycles. The lowest BCUT2D eigenvalue weighted by molar-refractivity contribution is 1.07. The molecule has 0 aliphatic heterocycles. The Bertz CT molecular complexity index is 2210. The van der Waals surface area contributed by atoms with E-state index in [0.717, 1.165) is 38.5 Å². The molecule has 0 fully saturated rings. The normalized spacial score (nSPS) is 11.5. The van der Waals surface area contributed by atoms with Gasteiger partial charge in [-0.05, 0) is 23.6 Å². The summed E-state index contributed by atoms with van der Waals surface area (Å²) in [4.78, 5) is 33.5. The Morgan fingerprint density at radius 1 is 0.439 bits per heavy atom. The third-order valence-electron chi connectivity index (χ3n) is 7.39. The lowest BCUT2D eigenvalue weighted by atomic mass is 10.0. The Hall–Kier alpha value is -5.75. The van der Waals surface area contributed by atoms with Gasteiger partial charge < -0.3 is 0 Å². The molecule has 0 amide bonds. The van der Waals surface area contributed by atoms with Crippen molar-refractivity contribution in [2.75, 3.05) is 0 Å². The Morgan fingerprint density at radius 3 is 1.51 bits per heavy atom. The highest BCUT2D eigenvalue weighted by Gasteiger charge is 2.21. The largest absolute Gasteiger partial charge is 0.268 e. The van der Waals surface area contributed by atoms with E-state index in [-0.39, 0.29) is 5.56 Å². The lowest BCUT2D eigenvalue weighted by Gasteiger charge is -2.10. The van der Waals surface area contributed by atoms with Gasteiger partial charge in [0.25, 0.3) is 5.56 Å². The van der Waals surface area contributed by atoms with E-state index in [1.165, 1.54) is 0 Å². The van der Waals surface area contributed by atoms with Crippen molar-refractivity contribution in [2.45, 2.75) is 0 Å². The van der Waals surface area contributed by atoms with Gasteiger partial charge in [-0.3, -0.25) is 9.20 Å². The van der Waals surface area contributed by atoms with Gasteiger partial charge in [-0.2, -0.15) is 0 Å². The number of pyridine rings is 1. The molecular weight excluding hydrogens is 506 g/mol. The van der Waals surface area contributed by atoms with Crippen LogP contribution in [0.5, 0.6) is 0 Å². The first kappa shape index (κ1) is 23.2. The fourth-order valence-corrected chi connectivity index (χ4v) is 5.49. The summed E-state index contributed by atoms with van der Waals surface area (Å²) in [5.74, 6) is 2.34. The highest BCUT2D eigenvalue weighted by molar-refractivity contribution is 6.13. The van der Waals surface area contributed by atoms with Crippen LogP contribution in [0.3, 0.4) is 0 Å². The summed E-state index contributed by atoms with van der Waals surface area (Å²) in [6.07, 6.45) is 0. The summed E-state index contributed by atoms with van der Waals surface area (Å²) >= 11 is 0. The molecule has 0 N–H and O–H groups in total. The highest BCUT2D eigenvalue weighted by atomic mass is 16.1. The molecule has 0 aliphatic carbocycles. The number of hydrogen-bond donors (Lipinski definition) is 0. The third-order valence-corrected chi connectivity index (χ3v) is 7.39. The van der Waals surface area contributed by atoms with E-state index >= 15 is 0 Å². The molecule has 0 saturated carbocycles. The van der Waals surface area contributed by atoms with Crippen LogP contribution in [0.2, 0.25) is 0 Å². The minimum absolute atomic E-state index is 0.0832. The van der Waals surface area contributed by atoms with Gasteiger partial charge in [-0.15, -0.1) is 0 Å². The van der Waals surface area contributed by atoms with Gasteiger partial charge in [0.2, 0.25) is 0 Å². The van der Waals surface area contributed by atoms with Crippen LogP contribution >= 0.6 is 0 Å². The second-order valence-electron chi connectivity index (χ2n) is 9.92. The van der Waals surface area contributed by atoms with Crippen LogP contribution < -0.4 is 5.56 Å². The molecule has 41 heavy (non-hydrogen) atoms. The van der Waals surface area contributed by atoms with E-state index in [2.05, 4.69) is 6.07 Å². The van der Waals surface area contributed by atoms with Crippen LogP contribution in [0.4, 0.5) is 0 Å². The average Bonchev–Trinajstić information content (AvgIpc) is 3.45. The van der Waals surface area contributed by atoms with Crippen LogP contribution in [0, 0.1) is 0 Å². The van der Waals surface area contributed by atoms with Crippen molar-refractivity contribution in [1.29, 1.82) is 0 Å². The smallest absolute Gasteiger partial charge is 0.264 e. The second kappa shape index (κ2) is 9.17. The van der Waals surface area contributed by atoms with Crippen LogP contribution in [0.25, 0.3) is 72.7 Å². The molecule has 192 valence electrons. The standard InChI is InChI=1S/C35H21N5O/c41-35-27-19-11-10-18-26(27)28-20-25(21-29-30(28)40(35)34(36-29)24-16-8-3-9-17-24)33-38-31(22-12-4-1-5-13-22)37-32(39-33)23-14-6-2-7-15-23/h1-21H. The molecule has 6 heteroatoms. The lowest BCUT2D eigenvalue weighted by Crippen LogP contribution is -2.14. The zero-order valence-corrected chi connectivity index (χ0v) is 21.8. The highest BCUT2D eigenvalue weighted by Crippen LogP contribution is 2.35. The van der Waals surface area contributed by atoms with Gasteiger partial charge in [0.05, 0.1) is 11.0 Å². The summed E-state index contributed by atoms with van der Waals surface area (Å²) in [5, 5.41) is 2.43. The zero-order valence-electron chi connectivity index (χ0n) is 21.8. The summed E-state index contributed by atoms with van der Waals surface area (Å²) in [7, 11) is 0. The van der Waals surface area contributed by atoms with Gasteiger partial charge in [-0.1, -0.05) is 109 Å². The van der Waals surface area contributed by atoms with Crippen molar-refractivity contribution in [3.05, 3.63) is 138 Å². The van der Waals surface area contributed by atoms with E-state index in [9.17, 15) is 4.79 Å². The summed E-state index contributed by atoms with van der Waals surface area (Å²) in [6.45, 7) is 0.